The topological polar surface area (TPSA) is 35.2 Å². The highest BCUT2D eigenvalue weighted by Crippen LogP contribution is 2.29. The molecule has 0 heterocycles. The fraction of sp³-hybridized carbons (Fsp3) is 0.538. The Kier molecular flexibility index (Phi) is 5.64. The third-order valence-electron chi connectivity index (χ3n) is 2.71. The molecule has 0 bridgehead atoms. The maximum atomic E-state index is 6.14. The summed E-state index contributed by atoms with van der Waals surface area (Å²) in [5, 5.41) is 0.682. The summed E-state index contributed by atoms with van der Waals surface area (Å²) in [6.45, 7) is 2.19. The van der Waals surface area contributed by atoms with E-state index in [0.717, 1.165) is 24.2 Å². The van der Waals surface area contributed by atoms with Crippen molar-refractivity contribution in [2.24, 2.45) is 5.73 Å². The normalized spacial score (nSPS) is 12.5. The van der Waals surface area contributed by atoms with Gasteiger partial charge in [-0.15, -0.1) is 0 Å². The van der Waals surface area contributed by atoms with Crippen molar-refractivity contribution in [2.75, 3.05) is 7.11 Å². The minimum atomic E-state index is 0.0405. The van der Waals surface area contributed by atoms with Crippen LogP contribution in [0.3, 0.4) is 0 Å². The van der Waals surface area contributed by atoms with Crippen molar-refractivity contribution in [1.82, 2.24) is 0 Å². The molecule has 0 spiro atoms. The molecule has 0 amide bonds. The fourth-order valence-electron chi connectivity index (χ4n) is 1.76. The maximum absolute atomic E-state index is 6.14. The number of methoxy groups -OCH3 is 1. The molecule has 16 heavy (non-hydrogen) atoms. The molecule has 0 saturated heterocycles. The maximum Gasteiger partial charge on any atom is 0.125 e. The van der Waals surface area contributed by atoms with Crippen molar-refractivity contribution >= 4 is 11.6 Å². The smallest absolute Gasteiger partial charge is 0.125 e. The summed E-state index contributed by atoms with van der Waals surface area (Å²) in [7, 11) is 1.65. The number of ether oxygens (including phenoxy) is 1. The van der Waals surface area contributed by atoms with E-state index in [0.29, 0.717) is 5.02 Å². The molecular weight excluding hydrogens is 222 g/mol. The van der Waals surface area contributed by atoms with Gasteiger partial charge in [0.25, 0.3) is 0 Å². The van der Waals surface area contributed by atoms with Crippen LogP contribution < -0.4 is 10.5 Å². The molecule has 1 unspecified atom stereocenters. The Balaban J connectivity index is 2.70. The van der Waals surface area contributed by atoms with Gasteiger partial charge in [-0.2, -0.15) is 0 Å². The van der Waals surface area contributed by atoms with E-state index < -0.39 is 0 Å². The van der Waals surface area contributed by atoms with Gasteiger partial charge in [-0.1, -0.05) is 43.9 Å². The molecule has 3 heteroatoms. The van der Waals surface area contributed by atoms with Gasteiger partial charge in [0.1, 0.15) is 5.75 Å². The predicted octanol–water partition coefficient (Wildman–Crippen LogP) is 3.93. The number of halogens is 1. The molecule has 2 nitrogen and oxygen atoms in total. The summed E-state index contributed by atoms with van der Waals surface area (Å²) in [5.41, 5.74) is 7.18. The van der Waals surface area contributed by atoms with E-state index >= 15 is 0 Å². The van der Waals surface area contributed by atoms with E-state index in [9.17, 15) is 0 Å². The van der Waals surface area contributed by atoms with Gasteiger partial charge in [-0.3, -0.25) is 0 Å². The monoisotopic (exact) mass is 241 g/mol. The zero-order valence-electron chi connectivity index (χ0n) is 10.0. The average molecular weight is 242 g/mol. The van der Waals surface area contributed by atoms with E-state index in [1.807, 2.05) is 18.2 Å². The molecule has 0 aromatic heterocycles. The Morgan fingerprint density at radius 2 is 2.12 bits per heavy atom. The lowest BCUT2D eigenvalue weighted by atomic mass is 10.0. The average Bonchev–Trinajstić information content (AvgIpc) is 2.29. The van der Waals surface area contributed by atoms with Crippen LogP contribution in [0.5, 0.6) is 5.75 Å². The molecule has 1 aromatic rings. The van der Waals surface area contributed by atoms with Crippen LogP contribution in [0.4, 0.5) is 0 Å². The largest absolute Gasteiger partial charge is 0.496 e. The van der Waals surface area contributed by atoms with Crippen molar-refractivity contribution in [2.45, 2.75) is 38.6 Å². The third-order valence-corrected chi connectivity index (χ3v) is 2.95. The van der Waals surface area contributed by atoms with Gasteiger partial charge < -0.3 is 10.5 Å². The molecule has 0 aliphatic heterocycles. The zero-order valence-corrected chi connectivity index (χ0v) is 10.8. The van der Waals surface area contributed by atoms with Crippen LogP contribution in [-0.4, -0.2) is 7.11 Å². The number of hydrogen-bond donors (Lipinski definition) is 1. The lowest BCUT2D eigenvalue weighted by Gasteiger charge is -2.15. The summed E-state index contributed by atoms with van der Waals surface area (Å²) >= 11 is 5.91. The van der Waals surface area contributed by atoms with Crippen LogP contribution in [-0.2, 0) is 0 Å². The summed E-state index contributed by atoms with van der Waals surface area (Å²) in [4.78, 5) is 0. The highest BCUT2D eigenvalue weighted by atomic mass is 35.5. The first-order valence-corrected chi connectivity index (χ1v) is 6.15. The van der Waals surface area contributed by atoms with Gasteiger partial charge >= 0.3 is 0 Å². The van der Waals surface area contributed by atoms with Crippen LogP contribution in [0, 0.1) is 0 Å². The standard InChI is InChI=1S/C13H20ClNO/c1-3-4-5-6-12(15)11-8-7-10(14)9-13(11)16-2/h7-9,12H,3-6,15H2,1-2H3. The molecule has 0 fully saturated rings. The minimum absolute atomic E-state index is 0.0405. The van der Waals surface area contributed by atoms with Crippen LogP contribution in [0.25, 0.3) is 0 Å². The van der Waals surface area contributed by atoms with Crippen molar-refractivity contribution in [3.63, 3.8) is 0 Å². The number of rotatable bonds is 6. The van der Waals surface area contributed by atoms with Crippen molar-refractivity contribution in [3.05, 3.63) is 28.8 Å². The quantitative estimate of drug-likeness (QED) is 0.766. The van der Waals surface area contributed by atoms with E-state index in [1.165, 1.54) is 12.8 Å². The van der Waals surface area contributed by atoms with E-state index in [2.05, 4.69) is 6.92 Å². The van der Waals surface area contributed by atoms with Gasteiger partial charge in [0, 0.05) is 16.6 Å². The highest BCUT2D eigenvalue weighted by molar-refractivity contribution is 6.30. The Labute approximate surface area is 103 Å². The molecule has 0 aliphatic carbocycles. The van der Waals surface area contributed by atoms with Crippen LogP contribution >= 0.6 is 11.6 Å². The molecule has 0 saturated carbocycles. The number of benzene rings is 1. The summed E-state index contributed by atoms with van der Waals surface area (Å²) in [6.07, 6.45) is 4.59. The minimum Gasteiger partial charge on any atom is -0.496 e. The van der Waals surface area contributed by atoms with E-state index in [1.54, 1.807) is 7.11 Å². The van der Waals surface area contributed by atoms with Gasteiger partial charge in [0.2, 0.25) is 0 Å². The third kappa shape index (κ3) is 3.69. The second-order valence-electron chi connectivity index (χ2n) is 3.99. The van der Waals surface area contributed by atoms with Crippen molar-refractivity contribution in [1.29, 1.82) is 0 Å². The first-order chi connectivity index (χ1) is 7.69. The predicted molar refractivity (Wildman–Crippen MR) is 69.1 cm³/mol. The summed E-state index contributed by atoms with van der Waals surface area (Å²) in [5.74, 6) is 0.788. The zero-order chi connectivity index (χ0) is 12.0. The van der Waals surface area contributed by atoms with Gasteiger partial charge in [0.05, 0.1) is 7.11 Å². The van der Waals surface area contributed by atoms with Crippen molar-refractivity contribution in [3.8, 4) is 5.75 Å². The van der Waals surface area contributed by atoms with Crippen LogP contribution in [0.1, 0.15) is 44.2 Å². The van der Waals surface area contributed by atoms with Gasteiger partial charge in [-0.25, -0.2) is 0 Å². The Morgan fingerprint density at radius 1 is 1.38 bits per heavy atom. The van der Waals surface area contributed by atoms with Crippen LogP contribution in [0.2, 0.25) is 5.02 Å². The number of unbranched alkanes of at least 4 members (excludes halogenated alkanes) is 2. The number of hydrogen-bond acceptors (Lipinski definition) is 2. The second kappa shape index (κ2) is 6.77. The van der Waals surface area contributed by atoms with Crippen molar-refractivity contribution < 1.29 is 4.74 Å². The highest BCUT2D eigenvalue weighted by Gasteiger charge is 2.11. The van der Waals surface area contributed by atoms with E-state index in [-0.39, 0.29) is 6.04 Å². The molecule has 0 radical (unpaired) electrons. The number of nitrogens with two attached hydrogens (primary N) is 1. The Morgan fingerprint density at radius 3 is 2.75 bits per heavy atom. The lowest BCUT2D eigenvalue weighted by Crippen LogP contribution is -2.11. The second-order valence-corrected chi connectivity index (χ2v) is 4.42. The first kappa shape index (κ1) is 13.3. The van der Waals surface area contributed by atoms with E-state index in [4.69, 9.17) is 22.1 Å². The molecule has 1 aromatic carbocycles. The van der Waals surface area contributed by atoms with Crippen LogP contribution in [0.15, 0.2) is 18.2 Å². The molecule has 1 atom stereocenters. The Hall–Kier alpha value is -0.730. The van der Waals surface area contributed by atoms with Gasteiger partial charge in [-0.05, 0) is 18.6 Å². The Bertz CT molecular complexity index is 328. The molecular formula is C13H20ClNO. The SMILES string of the molecule is CCCCCC(N)c1ccc(Cl)cc1OC. The molecule has 2 N–H and O–H groups in total. The van der Waals surface area contributed by atoms with Gasteiger partial charge in [0.15, 0.2) is 0 Å². The summed E-state index contributed by atoms with van der Waals surface area (Å²) < 4.78 is 5.29. The lowest BCUT2D eigenvalue weighted by molar-refractivity contribution is 0.403. The molecule has 0 aliphatic rings. The molecule has 90 valence electrons. The first-order valence-electron chi connectivity index (χ1n) is 5.78. The molecule has 1 rings (SSSR count). The fourth-order valence-corrected chi connectivity index (χ4v) is 1.92. The summed E-state index contributed by atoms with van der Waals surface area (Å²) in [6, 6.07) is 5.67.